The number of hydrogen-bond acceptors (Lipinski definition) is 5. The fraction of sp³-hybridized carbons (Fsp3) is 0.118. The molecule has 1 aliphatic heterocycles. The van der Waals surface area contributed by atoms with Crippen LogP contribution in [0.3, 0.4) is 0 Å². The number of nitro groups is 1. The number of rotatable bonds is 5. The first-order chi connectivity index (χ1) is 11.2. The van der Waals surface area contributed by atoms with Gasteiger partial charge in [0.25, 0.3) is 5.69 Å². The summed E-state index contributed by atoms with van der Waals surface area (Å²) in [5.74, 6) is 0. The summed E-state index contributed by atoms with van der Waals surface area (Å²) >= 11 is 0. The molecular weight excluding hydrogens is 292 g/mol. The van der Waals surface area contributed by atoms with Gasteiger partial charge in [0, 0.05) is 24.2 Å². The van der Waals surface area contributed by atoms with Crippen LogP contribution in [0, 0.1) is 10.1 Å². The van der Waals surface area contributed by atoms with E-state index in [4.69, 9.17) is 0 Å². The summed E-state index contributed by atoms with van der Waals surface area (Å²) in [4.78, 5) is 12.7. The molecule has 0 spiro atoms. The van der Waals surface area contributed by atoms with Gasteiger partial charge in [-0.15, -0.1) is 6.58 Å². The second kappa shape index (κ2) is 6.31. The molecule has 0 amide bonds. The van der Waals surface area contributed by atoms with Crippen LogP contribution in [0.25, 0.3) is 0 Å². The van der Waals surface area contributed by atoms with Crippen LogP contribution in [-0.4, -0.2) is 22.7 Å². The van der Waals surface area contributed by atoms with Crippen molar-refractivity contribution in [3.8, 4) is 0 Å². The first kappa shape index (κ1) is 14.8. The van der Waals surface area contributed by atoms with Gasteiger partial charge in [0.05, 0.1) is 10.6 Å². The fourth-order valence-corrected chi connectivity index (χ4v) is 2.61. The molecule has 23 heavy (non-hydrogen) atoms. The molecule has 0 fully saturated rings. The van der Waals surface area contributed by atoms with Gasteiger partial charge in [-0.1, -0.05) is 36.4 Å². The van der Waals surface area contributed by atoms with Gasteiger partial charge >= 0.3 is 0 Å². The van der Waals surface area contributed by atoms with Crippen molar-refractivity contribution in [2.24, 2.45) is 5.10 Å². The number of benzene rings is 2. The molecule has 1 unspecified atom stereocenters. The maximum Gasteiger partial charge on any atom is 0.269 e. The molecule has 1 atom stereocenters. The topological polar surface area (TPSA) is 62.0 Å². The minimum atomic E-state index is -0.385. The number of hydrogen-bond donors (Lipinski definition) is 0. The monoisotopic (exact) mass is 308 g/mol. The summed E-state index contributed by atoms with van der Waals surface area (Å²) in [6.07, 6.45) is 3.28. The number of nitrogens with zero attached hydrogens (tertiary/aromatic N) is 4. The summed E-state index contributed by atoms with van der Waals surface area (Å²) in [6, 6.07) is 16.4. The molecule has 6 nitrogen and oxygen atoms in total. The minimum Gasteiger partial charge on any atom is -0.332 e. The second-order valence-corrected chi connectivity index (χ2v) is 5.12. The number of non-ortho nitro benzene ring substituents is 1. The highest BCUT2D eigenvalue weighted by atomic mass is 16.6. The zero-order chi connectivity index (χ0) is 16.2. The van der Waals surface area contributed by atoms with E-state index in [1.54, 1.807) is 24.5 Å². The normalized spacial score (nSPS) is 16.6. The second-order valence-electron chi connectivity index (χ2n) is 5.12. The molecule has 0 N–H and O–H groups in total. The molecular formula is C17H16N4O2. The molecule has 2 aromatic rings. The van der Waals surface area contributed by atoms with Crippen LogP contribution in [0.2, 0.25) is 0 Å². The minimum absolute atomic E-state index is 0.0703. The van der Waals surface area contributed by atoms with Gasteiger partial charge in [0.1, 0.15) is 6.34 Å². The summed E-state index contributed by atoms with van der Waals surface area (Å²) in [6.45, 7) is 4.36. The van der Waals surface area contributed by atoms with Crippen LogP contribution >= 0.6 is 0 Å². The molecule has 0 bridgehead atoms. The van der Waals surface area contributed by atoms with Crippen molar-refractivity contribution in [3.63, 3.8) is 0 Å². The quantitative estimate of drug-likeness (QED) is 0.481. The molecule has 0 aromatic heterocycles. The van der Waals surface area contributed by atoms with Crippen molar-refractivity contribution in [2.75, 3.05) is 11.6 Å². The van der Waals surface area contributed by atoms with Crippen LogP contribution in [0.4, 0.5) is 11.4 Å². The summed E-state index contributed by atoms with van der Waals surface area (Å²) < 4.78 is 0. The van der Waals surface area contributed by atoms with Gasteiger partial charge in [-0.3, -0.25) is 10.1 Å². The average Bonchev–Trinajstić information content (AvgIpc) is 3.00. The molecule has 116 valence electrons. The Balaban J connectivity index is 2.01. The predicted octanol–water partition coefficient (Wildman–Crippen LogP) is 3.54. The first-order valence-electron chi connectivity index (χ1n) is 7.20. The Labute approximate surface area is 134 Å². The lowest BCUT2D eigenvalue weighted by Crippen LogP contribution is -2.32. The molecule has 1 heterocycles. The zero-order valence-electron chi connectivity index (χ0n) is 12.4. The molecule has 3 rings (SSSR count). The molecule has 0 saturated carbocycles. The van der Waals surface area contributed by atoms with E-state index >= 15 is 0 Å². The van der Waals surface area contributed by atoms with Crippen molar-refractivity contribution in [3.05, 3.63) is 82.9 Å². The van der Waals surface area contributed by atoms with Gasteiger partial charge in [0.2, 0.25) is 0 Å². The molecule has 1 aliphatic rings. The van der Waals surface area contributed by atoms with Gasteiger partial charge in [0.15, 0.2) is 6.17 Å². The first-order valence-corrected chi connectivity index (χ1v) is 7.20. The number of nitro benzene ring substituents is 1. The van der Waals surface area contributed by atoms with Crippen molar-refractivity contribution >= 4 is 17.7 Å². The van der Waals surface area contributed by atoms with Crippen LogP contribution in [0.15, 0.2) is 72.4 Å². The van der Waals surface area contributed by atoms with E-state index < -0.39 is 0 Å². The maximum absolute atomic E-state index is 11.1. The Hall–Kier alpha value is -3.15. The third-order valence-corrected chi connectivity index (χ3v) is 3.61. The van der Waals surface area contributed by atoms with E-state index in [1.165, 1.54) is 6.07 Å². The standard InChI is InChI=1S/C17H16N4O2/c1-2-11-19-13-18-20(15-8-4-3-5-9-15)17(19)14-7-6-10-16(12-14)21(22)23/h2-10,12-13,17H,1,11H2. The summed E-state index contributed by atoms with van der Waals surface area (Å²) in [7, 11) is 0. The Morgan fingerprint density at radius 1 is 1.22 bits per heavy atom. The molecule has 0 saturated heterocycles. The lowest BCUT2D eigenvalue weighted by atomic mass is 10.1. The lowest BCUT2D eigenvalue weighted by Gasteiger charge is -2.30. The Morgan fingerprint density at radius 2 is 2.00 bits per heavy atom. The number of hydrazone groups is 1. The fourth-order valence-electron chi connectivity index (χ4n) is 2.61. The lowest BCUT2D eigenvalue weighted by molar-refractivity contribution is -0.384. The van der Waals surface area contributed by atoms with E-state index in [0.717, 1.165) is 11.3 Å². The van der Waals surface area contributed by atoms with E-state index in [1.807, 2.05) is 46.3 Å². The molecule has 2 aromatic carbocycles. The highest BCUT2D eigenvalue weighted by Crippen LogP contribution is 2.34. The van der Waals surface area contributed by atoms with Gasteiger partial charge < -0.3 is 4.90 Å². The highest BCUT2D eigenvalue weighted by Gasteiger charge is 2.30. The molecule has 0 radical (unpaired) electrons. The van der Waals surface area contributed by atoms with E-state index in [9.17, 15) is 10.1 Å². The smallest absolute Gasteiger partial charge is 0.269 e. The largest absolute Gasteiger partial charge is 0.332 e. The third-order valence-electron chi connectivity index (χ3n) is 3.61. The van der Waals surface area contributed by atoms with Gasteiger partial charge in [-0.25, -0.2) is 5.01 Å². The Kier molecular flexibility index (Phi) is 4.05. The van der Waals surface area contributed by atoms with Crippen molar-refractivity contribution in [1.82, 2.24) is 4.90 Å². The van der Waals surface area contributed by atoms with Crippen LogP contribution in [-0.2, 0) is 0 Å². The Morgan fingerprint density at radius 3 is 2.70 bits per heavy atom. The zero-order valence-corrected chi connectivity index (χ0v) is 12.4. The van der Waals surface area contributed by atoms with E-state index in [-0.39, 0.29) is 16.8 Å². The van der Waals surface area contributed by atoms with Crippen LogP contribution in [0.5, 0.6) is 0 Å². The molecule has 6 heteroatoms. The van der Waals surface area contributed by atoms with E-state index in [0.29, 0.717) is 6.54 Å². The van der Waals surface area contributed by atoms with Crippen molar-refractivity contribution < 1.29 is 4.92 Å². The SMILES string of the molecule is C=CCN1C=NN(c2ccccc2)C1c1cccc([N+](=O)[O-])c1. The van der Waals surface area contributed by atoms with Gasteiger partial charge in [-0.05, 0) is 12.1 Å². The van der Waals surface area contributed by atoms with Gasteiger partial charge in [-0.2, -0.15) is 5.10 Å². The summed E-state index contributed by atoms with van der Waals surface area (Å²) in [5.41, 5.74) is 1.80. The average molecular weight is 308 g/mol. The van der Waals surface area contributed by atoms with Crippen molar-refractivity contribution in [2.45, 2.75) is 6.17 Å². The number of para-hydroxylation sites is 1. The Bertz CT molecular complexity index is 745. The van der Waals surface area contributed by atoms with E-state index in [2.05, 4.69) is 11.7 Å². The van der Waals surface area contributed by atoms with Crippen LogP contribution in [0.1, 0.15) is 11.7 Å². The third kappa shape index (κ3) is 2.91. The van der Waals surface area contributed by atoms with Crippen molar-refractivity contribution in [1.29, 1.82) is 0 Å². The summed E-state index contributed by atoms with van der Waals surface area (Å²) in [5, 5.41) is 17.4. The molecule has 0 aliphatic carbocycles. The maximum atomic E-state index is 11.1. The van der Waals surface area contributed by atoms with Crippen LogP contribution < -0.4 is 5.01 Å². The predicted molar refractivity (Wildman–Crippen MR) is 90.2 cm³/mol. The number of anilines is 1. The highest BCUT2D eigenvalue weighted by molar-refractivity contribution is 5.66.